The molecule has 0 saturated heterocycles. The number of aryl methyl sites for hydroxylation is 2. The molecule has 2 aromatic rings. The second-order valence-electron chi connectivity index (χ2n) is 6.91. The molecule has 0 radical (unpaired) electrons. The number of phenols is 1. The summed E-state index contributed by atoms with van der Waals surface area (Å²) in [5.74, 6) is -0.132. The van der Waals surface area contributed by atoms with Crippen molar-refractivity contribution in [2.24, 2.45) is 0 Å². The van der Waals surface area contributed by atoms with Gasteiger partial charge in [-0.2, -0.15) is 0 Å². The number of carbonyl (C=O) groups excluding carboxylic acids is 1. The Balaban J connectivity index is 2.14. The molecule has 1 aliphatic heterocycles. The molecule has 0 amide bonds. The minimum Gasteiger partial charge on any atom is -0.504 e. The van der Waals surface area contributed by atoms with Crippen LogP contribution in [0.5, 0.6) is 11.5 Å². The van der Waals surface area contributed by atoms with Gasteiger partial charge in [-0.25, -0.2) is 4.79 Å². The van der Waals surface area contributed by atoms with E-state index >= 15 is 0 Å². The Morgan fingerprint density at radius 3 is 2.41 bits per heavy atom. The molecule has 0 aromatic heterocycles. The number of nitrogens with zero attached hydrogens (tertiary/aromatic N) is 1. The zero-order valence-electron chi connectivity index (χ0n) is 17.1. The zero-order valence-corrected chi connectivity index (χ0v) is 17.9. The first-order chi connectivity index (χ1) is 13.8. The quantitative estimate of drug-likeness (QED) is 0.583. The van der Waals surface area contributed by atoms with Gasteiger partial charge in [-0.3, -0.25) is 4.90 Å². The molecule has 7 heteroatoms. The highest BCUT2D eigenvalue weighted by Crippen LogP contribution is 2.37. The lowest BCUT2D eigenvalue weighted by molar-refractivity contribution is -0.136. The lowest BCUT2D eigenvalue weighted by Crippen LogP contribution is -2.48. The minimum atomic E-state index is -0.561. The van der Waals surface area contributed by atoms with E-state index in [2.05, 4.69) is 5.32 Å². The average Bonchev–Trinajstić information content (AvgIpc) is 2.69. The molecule has 2 aromatic carbocycles. The van der Waals surface area contributed by atoms with E-state index < -0.39 is 12.0 Å². The average molecular weight is 413 g/mol. The predicted octanol–water partition coefficient (Wildman–Crippen LogP) is 3.90. The third kappa shape index (κ3) is 3.78. The number of hydrogen-bond donors (Lipinski definition) is 2. The molecule has 0 saturated carbocycles. The second kappa shape index (κ2) is 8.13. The van der Waals surface area contributed by atoms with Crippen molar-refractivity contribution in [1.82, 2.24) is 5.32 Å². The van der Waals surface area contributed by atoms with Gasteiger partial charge in [-0.1, -0.05) is 12.1 Å². The number of anilines is 1. The van der Waals surface area contributed by atoms with Crippen LogP contribution in [0.4, 0.5) is 5.69 Å². The number of carbonyl (C=O) groups is 1. The number of benzene rings is 2. The van der Waals surface area contributed by atoms with Crippen LogP contribution < -0.4 is 15.0 Å². The van der Waals surface area contributed by atoms with Gasteiger partial charge in [-0.15, -0.1) is 0 Å². The number of phenolic OH excluding ortho intramolecular Hbond substituents is 1. The van der Waals surface area contributed by atoms with E-state index in [-0.39, 0.29) is 5.75 Å². The van der Waals surface area contributed by atoms with Crippen LogP contribution in [0.25, 0.3) is 0 Å². The fourth-order valence-electron chi connectivity index (χ4n) is 3.43. The Labute approximate surface area is 175 Å². The minimum absolute atomic E-state index is 0.0174. The molecule has 1 atom stereocenters. The van der Waals surface area contributed by atoms with Crippen LogP contribution in [0.3, 0.4) is 0 Å². The van der Waals surface area contributed by atoms with Gasteiger partial charge in [0.2, 0.25) is 0 Å². The molecule has 1 heterocycles. The molecule has 3 rings (SSSR count). The Morgan fingerprint density at radius 1 is 1.10 bits per heavy atom. The van der Waals surface area contributed by atoms with Crippen LogP contribution >= 0.6 is 12.2 Å². The number of aromatic hydroxyl groups is 1. The summed E-state index contributed by atoms with van der Waals surface area (Å²) in [5.41, 5.74) is 4.92. The molecule has 1 aliphatic rings. The number of thiocarbonyl (C=S) groups is 1. The molecular formula is C22H24N2O4S. The molecule has 0 bridgehead atoms. The van der Waals surface area contributed by atoms with E-state index in [9.17, 15) is 9.90 Å². The molecule has 0 fully saturated rings. The van der Waals surface area contributed by atoms with Gasteiger partial charge in [0, 0.05) is 11.4 Å². The molecule has 0 spiro atoms. The number of nitrogens with one attached hydrogen (secondary N) is 1. The smallest absolute Gasteiger partial charge is 0.337 e. The van der Waals surface area contributed by atoms with Crippen molar-refractivity contribution < 1.29 is 19.4 Å². The Hall–Kier alpha value is -3.06. The van der Waals surface area contributed by atoms with Crippen LogP contribution in [-0.4, -0.2) is 30.4 Å². The maximum absolute atomic E-state index is 12.7. The summed E-state index contributed by atoms with van der Waals surface area (Å²) in [6.07, 6.45) is 0. The highest BCUT2D eigenvalue weighted by Gasteiger charge is 2.35. The van der Waals surface area contributed by atoms with Gasteiger partial charge < -0.3 is 19.9 Å². The number of methoxy groups -OCH3 is 2. The molecule has 0 aliphatic carbocycles. The number of esters is 1. The summed E-state index contributed by atoms with van der Waals surface area (Å²) in [4.78, 5) is 14.5. The maximum Gasteiger partial charge on any atom is 0.337 e. The van der Waals surface area contributed by atoms with Crippen LogP contribution in [0, 0.1) is 13.8 Å². The van der Waals surface area contributed by atoms with E-state index in [4.69, 9.17) is 21.7 Å². The second-order valence-corrected chi connectivity index (χ2v) is 7.30. The predicted molar refractivity (Wildman–Crippen MR) is 116 cm³/mol. The Morgan fingerprint density at radius 2 is 1.83 bits per heavy atom. The van der Waals surface area contributed by atoms with E-state index in [1.165, 1.54) is 19.8 Å². The SMILES string of the molecule is COC(=O)C1=C(C)N(c2ccc(C)c(C)c2)C(=S)NC1c1ccc(OC)c(O)c1. The van der Waals surface area contributed by atoms with E-state index in [0.29, 0.717) is 27.7 Å². The third-order valence-electron chi connectivity index (χ3n) is 5.18. The first kappa shape index (κ1) is 20.7. The summed E-state index contributed by atoms with van der Waals surface area (Å²) >= 11 is 5.64. The number of ether oxygens (including phenoxy) is 2. The first-order valence-corrected chi connectivity index (χ1v) is 9.53. The van der Waals surface area contributed by atoms with Crippen molar-refractivity contribution in [3.63, 3.8) is 0 Å². The Bertz CT molecular complexity index is 1020. The van der Waals surface area contributed by atoms with E-state index in [1.54, 1.807) is 18.2 Å². The van der Waals surface area contributed by atoms with Crippen molar-refractivity contribution in [3.8, 4) is 11.5 Å². The standard InChI is InChI=1S/C22H24N2O4S/c1-12-6-8-16(10-13(12)2)24-14(3)19(21(26)28-5)20(23-22(24)29)15-7-9-18(27-4)17(25)11-15/h6-11,20,25H,1-5H3,(H,23,29). The lowest BCUT2D eigenvalue weighted by Gasteiger charge is -2.37. The molecule has 1 unspecified atom stereocenters. The molecule has 29 heavy (non-hydrogen) atoms. The number of rotatable bonds is 4. The summed E-state index contributed by atoms with van der Waals surface area (Å²) in [6, 6.07) is 10.4. The van der Waals surface area contributed by atoms with Crippen molar-refractivity contribution in [1.29, 1.82) is 0 Å². The highest BCUT2D eigenvalue weighted by atomic mass is 32.1. The fourth-order valence-corrected chi connectivity index (χ4v) is 3.79. The fraction of sp³-hybridized carbons (Fsp3) is 0.273. The van der Waals surface area contributed by atoms with E-state index in [0.717, 1.165) is 11.3 Å². The summed E-state index contributed by atoms with van der Waals surface area (Å²) in [7, 11) is 2.83. The number of allylic oxidation sites excluding steroid dienone is 1. The van der Waals surface area contributed by atoms with Crippen molar-refractivity contribution >= 4 is 29.0 Å². The molecule has 2 N–H and O–H groups in total. The molecule has 6 nitrogen and oxygen atoms in total. The summed E-state index contributed by atoms with van der Waals surface area (Å²) in [5, 5.41) is 13.9. The molecule has 152 valence electrons. The van der Waals surface area contributed by atoms with Crippen LogP contribution in [-0.2, 0) is 9.53 Å². The van der Waals surface area contributed by atoms with Gasteiger partial charge in [0.15, 0.2) is 16.6 Å². The summed E-state index contributed by atoms with van der Waals surface area (Å²) in [6.45, 7) is 5.91. The lowest BCUT2D eigenvalue weighted by atomic mass is 9.94. The van der Waals surface area contributed by atoms with Gasteiger partial charge in [0.25, 0.3) is 0 Å². The van der Waals surface area contributed by atoms with Crippen LogP contribution in [0.15, 0.2) is 47.7 Å². The van der Waals surface area contributed by atoms with Gasteiger partial charge in [0.1, 0.15) is 0 Å². The maximum atomic E-state index is 12.7. The largest absolute Gasteiger partial charge is 0.504 e. The van der Waals surface area contributed by atoms with Crippen LogP contribution in [0.1, 0.15) is 29.7 Å². The van der Waals surface area contributed by atoms with Crippen molar-refractivity contribution in [2.45, 2.75) is 26.8 Å². The monoisotopic (exact) mass is 412 g/mol. The third-order valence-corrected chi connectivity index (χ3v) is 5.48. The van der Waals surface area contributed by atoms with Crippen molar-refractivity contribution in [2.75, 3.05) is 19.1 Å². The topological polar surface area (TPSA) is 71.0 Å². The van der Waals surface area contributed by atoms with Gasteiger partial charge in [-0.05, 0) is 73.9 Å². The van der Waals surface area contributed by atoms with Gasteiger partial charge >= 0.3 is 5.97 Å². The highest BCUT2D eigenvalue weighted by molar-refractivity contribution is 7.80. The normalized spacial score (nSPS) is 16.5. The van der Waals surface area contributed by atoms with Crippen molar-refractivity contribution in [3.05, 3.63) is 64.4 Å². The molecular weight excluding hydrogens is 388 g/mol. The number of hydrogen-bond acceptors (Lipinski definition) is 5. The first-order valence-electron chi connectivity index (χ1n) is 9.12. The van der Waals surface area contributed by atoms with Gasteiger partial charge in [0.05, 0.1) is 25.8 Å². The zero-order chi connectivity index (χ0) is 21.3. The van der Waals surface area contributed by atoms with E-state index in [1.807, 2.05) is 43.9 Å². The summed E-state index contributed by atoms with van der Waals surface area (Å²) < 4.78 is 10.2. The Kier molecular flexibility index (Phi) is 5.79. The van der Waals surface area contributed by atoms with Crippen LogP contribution in [0.2, 0.25) is 0 Å².